The van der Waals surface area contributed by atoms with E-state index in [2.05, 4.69) is 20.8 Å². The van der Waals surface area contributed by atoms with Gasteiger partial charge in [-0.1, -0.05) is 239 Å². The summed E-state index contributed by atoms with van der Waals surface area (Å²) < 4.78 is 64.8. The van der Waals surface area contributed by atoms with Gasteiger partial charge in [0.05, 0.1) is 13.2 Å². The molecule has 18 atom stereocenters. The highest BCUT2D eigenvalue weighted by Gasteiger charge is 2.58. The summed E-state index contributed by atoms with van der Waals surface area (Å²) in [6.45, 7) is 3.42. The number of rotatable bonds is 55. The van der Waals surface area contributed by atoms with Crippen molar-refractivity contribution in [3.63, 3.8) is 0 Å². The van der Waals surface area contributed by atoms with Crippen molar-refractivity contribution >= 4 is 25.7 Å². The first-order chi connectivity index (χ1) is 44.3. The molecule has 25 heteroatoms. The van der Waals surface area contributed by atoms with E-state index in [0.717, 1.165) is 89.9 Å². The summed E-state index contributed by atoms with van der Waals surface area (Å²) in [7, 11) is -5.68. The number of carbonyl (C=O) groups is 3. The zero-order valence-corrected chi connectivity index (χ0v) is 57.0. The fourth-order valence-electron chi connectivity index (χ4n) is 12.0. The fraction of sp³-hybridized carbons (Fsp3) is 0.955. The molecule has 2 aliphatic heterocycles. The molecule has 2 saturated heterocycles. The smallest absolute Gasteiger partial charge is 0.463 e. The third kappa shape index (κ3) is 34.0. The molecular formula is C67H125O24P. The topological polar surface area (TPSA) is 374 Å². The minimum atomic E-state index is -5.68. The van der Waals surface area contributed by atoms with Crippen LogP contribution in [0.4, 0.5) is 0 Å². The number of ether oxygens (including phenoxy) is 7. The van der Waals surface area contributed by atoms with Crippen LogP contribution in [0.1, 0.15) is 278 Å². The zero-order valence-electron chi connectivity index (χ0n) is 56.1. The summed E-state index contributed by atoms with van der Waals surface area (Å²) >= 11 is 0. The average molecular weight is 1350 g/mol. The first-order valence-corrected chi connectivity index (χ1v) is 37.3. The van der Waals surface area contributed by atoms with Crippen LogP contribution in [0.2, 0.25) is 0 Å². The van der Waals surface area contributed by atoms with Crippen LogP contribution >= 0.6 is 7.82 Å². The molecule has 18 unspecified atom stereocenters. The minimum Gasteiger partial charge on any atom is -0.463 e. The third-order valence-corrected chi connectivity index (χ3v) is 18.9. The second-order valence-corrected chi connectivity index (χ2v) is 27.4. The second-order valence-electron chi connectivity index (χ2n) is 26.0. The maximum Gasteiger partial charge on any atom is 0.472 e. The van der Waals surface area contributed by atoms with E-state index in [4.69, 9.17) is 42.2 Å². The van der Waals surface area contributed by atoms with Crippen molar-refractivity contribution in [2.24, 2.45) is 0 Å². The molecule has 24 nitrogen and oxygen atoms in total. The standard InChI is InChI=1S/C67H125O24P/c1-4-7-10-13-16-19-22-24-25-28-30-32-35-38-41-51(69)83-45-48(86-53(71)43-40-37-34-31-27-23-20-17-14-11-8-5-2)46-85-92(81,82)91-65-63(89-66-61(79)56(74)54(72)49(44-68)87-66)59(77)58(76)60(78)64(65)90-67-62(80)57(75)55(73)50(88-67)47-84-52(70)42-39-36-33-29-26-21-18-15-12-9-6-3/h48-50,54-68,72-80H,4-47H2,1-3H3,(H,81,82). The van der Waals surface area contributed by atoms with Gasteiger partial charge in [-0.25, -0.2) is 4.57 Å². The highest BCUT2D eigenvalue weighted by molar-refractivity contribution is 7.47. The van der Waals surface area contributed by atoms with E-state index in [1.807, 2.05) is 0 Å². The van der Waals surface area contributed by atoms with Gasteiger partial charge in [-0.3, -0.25) is 23.4 Å². The third-order valence-electron chi connectivity index (χ3n) is 17.9. The lowest BCUT2D eigenvalue weighted by Gasteiger charge is -2.49. The van der Waals surface area contributed by atoms with Crippen LogP contribution < -0.4 is 0 Å². The maximum absolute atomic E-state index is 14.3. The summed E-state index contributed by atoms with van der Waals surface area (Å²) in [5.74, 6) is -1.98. The number of phosphoric ester groups is 1. The molecule has 2 heterocycles. The molecule has 3 aliphatic rings. The molecule has 1 saturated carbocycles. The van der Waals surface area contributed by atoms with E-state index in [9.17, 15) is 74.9 Å². The van der Waals surface area contributed by atoms with Crippen molar-refractivity contribution in [2.45, 2.75) is 382 Å². The van der Waals surface area contributed by atoms with Crippen LogP contribution in [0.25, 0.3) is 0 Å². The lowest BCUT2D eigenvalue weighted by Crippen LogP contribution is -2.69. The van der Waals surface area contributed by atoms with Gasteiger partial charge in [0, 0.05) is 19.3 Å². The van der Waals surface area contributed by atoms with Gasteiger partial charge in [0.1, 0.15) is 98.7 Å². The van der Waals surface area contributed by atoms with Crippen molar-refractivity contribution in [3.8, 4) is 0 Å². The number of aliphatic hydroxyl groups excluding tert-OH is 10. The highest BCUT2D eigenvalue weighted by atomic mass is 31.2. The highest BCUT2D eigenvalue weighted by Crippen LogP contribution is 2.49. The summed E-state index contributed by atoms with van der Waals surface area (Å²) in [6.07, 6.45) is 4.89. The maximum atomic E-state index is 14.3. The number of esters is 3. The average Bonchev–Trinajstić information content (AvgIpc) is 0.769. The summed E-state index contributed by atoms with van der Waals surface area (Å²) in [5, 5.41) is 110. The van der Waals surface area contributed by atoms with Crippen LogP contribution in [0, 0.1) is 0 Å². The lowest BCUT2D eigenvalue weighted by atomic mass is 9.84. The van der Waals surface area contributed by atoms with Gasteiger partial charge in [-0.15, -0.1) is 0 Å². The van der Waals surface area contributed by atoms with E-state index in [1.165, 1.54) is 128 Å². The predicted octanol–water partition coefficient (Wildman–Crippen LogP) is 8.62. The van der Waals surface area contributed by atoms with E-state index in [0.29, 0.717) is 19.3 Å². The Bertz CT molecular complexity index is 1920. The van der Waals surface area contributed by atoms with E-state index < -0.39 is 156 Å². The van der Waals surface area contributed by atoms with E-state index in [-0.39, 0.29) is 19.3 Å². The Balaban J connectivity index is 1.76. The second kappa shape index (κ2) is 50.3. The van der Waals surface area contributed by atoms with Gasteiger partial charge < -0.3 is 89.1 Å². The number of unbranched alkanes of at least 4 members (excludes halogenated alkanes) is 34. The summed E-state index contributed by atoms with van der Waals surface area (Å²) in [4.78, 5) is 50.8. The molecular weight excluding hydrogens is 1220 g/mol. The Labute approximate surface area is 549 Å². The van der Waals surface area contributed by atoms with Gasteiger partial charge in [-0.2, -0.15) is 0 Å². The van der Waals surface area contributed by atoms with Crippen molar-refractivity contribution in [2.75, 3.05) is 26.4 Å². The quantitative estimate of drug-likeness (QED) is 0.0117. The number of carbonyl (C=O) groups excluding carboxylic acids is 3. The molecule has 0 bridgehead atoms. The van der Waals surface area contributed by atoms with Gasteiger partial charge in [0.25, 0.3) is 0 Å². The number of hydrogen-bond donors (Lipinski definition) is 11. The molecule has 0 radical (unpaired) electrons. The molecule has 0 spiro atoms. The largest absolute Gasteiger partial charge is 0.472 e. The van der Waals surface area contributed by atoms with Crippen LogP contribution in [-0.4, -0.2) is 204 Å². The van der Waals surface area contributed by atoms with Gasteiger partial charge in [0.2, 0.25) is 0 Å². The molecule has 0 aromatic rings. The molecule has 0 aromatic heterocycles. The van der Waals surface area contributed by atoms with Crippen molar-refractivity contribution < 1.29 is 117 Å². The fourth-order valence-corrected chi connectivity index (χ4v) is 13.0. The first kappa shape index (κ1) is 84.2. The zero-order chi connectivity index (χ0) is 67.5. The summed E-state index contributed by atoms with van der Waals surface area (Å²) in [5.41, 5.74) is 0. The SMILES string of the molecule is CCCCCCCCCCCCCCCCC(=O)OCC(COP(=O)(O)OC1C(OC2OC(CO)C(O)C(O)C2O)C(O)C(O)C(O)C1OC1OC(COC(=O)CCCCCCCCCCCCC)C(O)C(O)C1O)OC(=O)CCCCCCCCCCCCCC. The Morgan fingerprint density at radius 2 is 0.696 bits per heavy atom. The molecule has 11 N–H and O–H groups in total. The van der Waals surface area contributed by atoms with Gasteiger partial charge in [-0.05, 0) is 19.3 Å². The Kier molecular flexibility index (Phi) is 46.0. The van der Waals surface area contributed by atoms with Gasteiger partial charge in [0.15, 0.2) is 18.7 Å². The van der Waals surface area contributed by atoms with Crippen LogP contribution in [0.5, 0.6) is 0 Å². The van der Waals surface area contributed by atoms with Gasteiger partial charge >= 0.3 is 25.7 Å². The summed E-state index contributed by atoms with van der Waals surface area (Å²) in [6, 6.07) is 0. The van der Waals surface area contributed by atoms with Crippen LogP contribution in [0.3, 0.4) is 0 Å². The Morgan fingerprint density at radius 1 is 0.380 bits per heavy atom. The minimum absolute atomic E-state index is 0.0327. The molecule has 542 valence electrons. The Hall–Kier alpha value is -2.04. The van der Waals surface area contributed by atoms with E-state index in [1.54, 1.807) is 0 Å². The first-order valence-electron chi connectivity index (χ1n) is 35.8. The number of phosphoric acid groups is 1. The monoisotopic (exact) mass is 1340 g/mol. The Morgan fingerprint density at radius 3 is 1.07 bits per heavy atom. The molecule has 3 fully saturated rings. The van der Waals surface area contributed by atoms with Crippen LogP contribution in [-0.2, 0) is 61.2 Å². The molecule has 92 heavy (non-hydrogen) atoms. The van der Waals surface area contributed by atoms with E-state index >= 15 is 0 Å². The number of aliphatic hydroxyl groups is 10. The normalized spacial score (nSPS) is 28.6. The number of hydrogen-bond acceptors (Lipinski definition) is 23. The molecule has 1 aliphatic carbocycles. The predicted molar refractivity (Wildman–Crippen MR) is 342 cm³/mol. The van der Waals surface area contributed by atoms with Crippen molar-refractivity contribution in [1.82, 2.24) is 0 Å². The molecule has 3 rings (SSSR count). The van der Waals surface area contributed by atoms with Crippen molar-refractivity contribution in [1.29, 1.82) is 0 Å². The molecule has 0 amide bonds. The van der Waals surface area contributed by atoms with Crippen LogP contribution in [0.15, 0.2) is 0 Å². The lowest BCUT2D eigenvalue weighted by molar-refractivity contribution is -0.360. The van der Waals surface area contributed by atoms with Crippen molar-refractivity contribution in [3.05, 3.63) is 0 Å². The molecule has 0 aromatic carbocycles.